The summed E-state index contributed by atoms with van der Waals surface area (Å²) in [7, 11) is 0. The highest BCUT2D eigenvalue weighted by atomic mass is 32.1. The molecule has 0 aliphatic heterocycles. The lowest BCUT2D eigenvalue weighted by atomic mass is 10.2. The minimum atomic E-state index is -0.412. The predicted octanol–water partition coefficient (Wildman–Crippen LogP) is 3.60. The van der Waals surface area contributed by atoms with E-state index in [2.05, 4.69) is 11.9 Å². The van der Waals surface area contributed by atoms with Crippen molar-refractivity contribution in [3.05, 3.63) is 21.4 Å². The Morgan fingerprint density at radius 1 is 1.43 bits per heavy atom. The standard InChI is InChI=1S/C9H13FN2S2/c1-2-3-4-5-12-6-7(10)8(13)11-9(12)14/h6H,2-5H2,1H3,(H,11,13,14). The second kappa shape index (κ2) is 5.36. The number of unbranched alkanes of at least 4 members (excludes halogenated alkanes) is 2. The van der Waals surface area contributed by atoms with E-state index in [0.29, 0.717) is 4.77 Å². The van der Waals surface area contributed by atoms with E-state index in [4.69, 9.17) is 24.4 Å². The molecule has 1 aromatic heterocycles. The number of nitrogens with one attached hydrogen (secondary N) is 1. The van der Waals surface area contributed by atoms with Crippen LogP contribution < -0.4 is 0 Å². The van der Waals surface area contributed by atoms with Gasteiger partial charge in [-0.05, 0) is 18.6 Å². The van der Waals surface area contributed by atoms with Crippen molar-refractivity contribution in [3.63, 3.8) is 0 Å². The SMILES string of the molecule is CCCCCn1cc(F)c(=S)[nH]c1=S. The second-order valence-electron chi connectivity index (χ2n) is 3.14. The van der Waals surface area contributed by atoms with Crippen molar-refractivity contribution in [2.45, 2.75) is 32.7 Å². The molecule has 78 valence electrons. The molecule has 1 rings (SSSR count). The number of rotatable bonds is 4. The molecular weight excluding hydrogens is 219 g/mol. The van der Waals surface area contributed by atoms with Crippen LogP contribution >= 0.6 is 24.4 Å². The molecular formula is C9H13FN2S2. The number of halogens is 1. The number of hydrogen-bond acceptors (Lipinski definition) is 2. The molecule has 0 unspecified atom stereocenters. The van der Waals surface area contributed by atoms with E-state index in [0.717, 1.165) is 25.8 Å². The van der Waals surface area contributed by atoms with Gasteiger partial charge in [0.15, 0.2) is 10.6 Å². The summed E-state index contributed by atoms with van der Waals surface area (Å²) in [5, 5.41) is 0. The lowest BCUT2D eigenvalue weighted by molar-refractivity contribution is 0.541. The number of hydrogen-bond donors (Lipinski definition) is 1. The summed E-state index contributed by atoms with van der Waals surface area (Å²) in [5.74, 6) is -0.412. The molecule has 0 fully saturated rings. The fraction of sp³-hybridized carbons (Fsp3) is 0.556. The van der Waals surface area contributed by atoms with E-state index in [-0.39, 0.29) is 4.64 Å². The fourth-order valence-corrected chi connectivity index (χ4v) is 1.64. The van der Waals surface area contributed by atoms with Gasteiger partial charge in [0, 0.05) is 12.7 Å². The van der Waals surface area contributed by atoms with Crippen LogP contribution in [-0.2, 0) is 6.54 Å². The molecule has 0 radical (unpaired) electrons. The van der Waals surface area contributed by atoms with Gasteiger partial charge in [-0.3, -0.25) is 0 Å². The number of aromatic amines is 1. The fourth-order valence-electron chi connectivity index (χ4n) is 1.18. The van der Waals surface area contributed by atoms with Crippen molar-refractivity contribution in [1.29, 1.82) is 0 Å². The topological polar surface area (TPSA) is 20.7 Å². The van der Waals surface area contributed by atoms with Crippen molar-refractivity contribution in [2.75, 3.05) is 0 Å². The molecule has 1 heterocycles. The van der Waals surface area contributed by atoms with Crippen LogP contribution in [0.3, 0.4) is 0 Å². The largest absolute Gasteiger partial charge is 0.322 e. The van der Waals surface area contributed by atoms with Crippen LogP contribution in [0.15, 0.2) is 6.20 Å². The van der Waals surface area contributed by atoms with Gasteiger partial charge in [0.2, 0.25) is 0 Å². The molecule has 0 amide bonds. The summed E-state index contributed by atoms with van der Waals surface area (Å²) in [6, 6.07) is 0. The van der Waals surface area contributed by atoms with E-state index in [9.17, 15) is 4.39 Å². The maximum Gasteiger partial charge on any atom is 0.178 e. The van der Waals surface area contributed by atoms with Crippen LogP contribution in [0.4, 0.5) is 4.39 Å². The maximum absolute atomic E-state index is 13.1. The molecule has 0 atom stereocenters. The van der Waals surface area contributed by atoms with E-state index in [1.807, 2.05) is 0 Å². The van der Waals surface area contributed by atoms with Crippen molar-refractivity contribution >= 4 is 24.4 Å². The minimum Gasteiger partial charge on any atom is -0.322 e. The molecule has 0 aliphatic rings. The average molecular weight is 232 g/mol. The zero-order valence-electron chi connectivity index (χ0n) is 8.05. The lowest BCUT2D eigenvalue weighted by Crippen LogP contribution is -2.04. The number of aryl methyl sites for hydroxylation is 1. The van der Waals surface area contributed by atoms with Crippen molar-refractivity contribution in [2.24, 2.45) is 0 Å². The Hall–Kier alpha value is -0.550. The van der Waals surface area contributed by atoms with Gasteiger partial charge in [-0.1, -0.05) is 32.0 Å². The molecule has 0 saturated heterocycles. The first kappa shape index (κ1) is 11.5. The second-order valence-corrected chi connectivity index (χ2v) is 3.93. The van der Waals surface area contributed by atoms with Crippen molar-refractivity contribution in [3.8, 4) is 0 Å². The molecule has 5 heteroatoms. The van der Waals surface area contributed by atoms with E-state index >= 15 is 0 Å². The molecule has 1 aromatic rings. The third-order valence-corrected chi connectivity index (χ3v) is 2.60. The Morgan fingerprint density at radius 3 is 2.79 bits per heavy atom. The number of aromatic nitrogens is 2. The lowest BCUT2D eigenvalue weighted by Gasteiger charge is -2.05. The first-order valence-electron chi connectivity index (χ1n) is 4.64. The van der Waals surface area contributed by atoms with Gasteiger partial charge in [0.25, 0.3) is 0 Å². The maximum atomic E-state index is 13.1. The minimum absolute atomic E-state index is 0.0849. The van der Waals surface area contributed by atoms with E-state index in [1.54, 1.807) is 4.57 Å². The van der Waals surface area contributed by atoms with Crippen LogP contribution in [0.1, 0.15) is 26.2 Å². The van der Waals surface area contributed by atoms with Gasteiger partial charge in [0.05, 0.1) is 0 Å². The Bertz CT molecular complexity index is 408. The van der Waals surface area contributed by atoms with Gasteiger partial charge in [0.1, 0.15) is 4.64 Å². The highest BCUT2D eigenvalue weighted by molar-refractivity contribution is 7.72. The first-order valence-corrected chi connectivity index (χ1v) is 5.46. The monoisotopic (exact) mass is 232 g/mol. The molecule has 0 aliphatic carbocycles. The van der Waals surface area contributed by atoms with Crippen LogP contribution in [0.5, 0.6) is 0 Å². The van der Waals surface area contributed by atoms with Crippen LogP contribution in [0.25, 0.3) is 0 Å². The average Bonchev–Trinajstić information content (AvgIpc) is 2.14. The quantitative estimate of drug-likeness (QED) is 0.632. The van der Waals surface area contributed by atoms with Crippen LogP contribution in [-0.4, -0.2) is 9.55 Å². The van der Waals surface area contributed by atoms with Gasteiger partial charge in [-0.2, -0.15) is 0 Å². The van der Waals surface area contributed by atoms with Crippen LogP contribution in [0.2, 0.25) is 0 Å². The molecule has 0 aromatic carbocycles. The molecule has 1 N–H and O–H groups in total. The van der Waals surface area contributed by atoms with Crippen molar-refractivity contribution < 1.29 is 4.39 Å². The number of H-pyrrole nitrogens is 1. The van der Waals surface area contributed by atoms with Gasteiger partial charge in [-0.25, -0.2) is 4.39 Å². The van der Waals surface area contributed by atoms with Gasteiger partial charge in [-0.15, -0.1) is 0 Å². The zero-order valence-corrected chi connectivity index (χ0v) is 9.68. The molecule has 2 nitrogen and oxygen atoms in total. The van der Waals surface area contributed by atoms with Gasteiger partial charge < -0.3 is 9.55 Å². The zero-order chi connectivity index (χ0) is 10.6. The van der Waals surface area contributed by atoms with E-state index in [1.165, 1.54) is 6.20 Å². The number of nitrogens with zero attached hydrogens (tertiary/aromatic N) is 1. The van der Waals surface area contributed by atoms with Gasteiger partial charge >= 0.3 is 0 Å². The Labute approximate surface area is 92.8 Å². The highest BCUT2D eigenvalue weighted by Gasteiger charge is 1.98. The third-order valence-electron chi connectivity index (χ3n) is 1.97. The Morgan fingerprint density at radius 2 is 2.14 bits per heavy atom. The summed E-state index contributed by atoms with van der Waals surface area (Å²) >= 11 is 9.75. The molecule has 0 saturated carbocycles. The van der Waals surface area contributed by atoms with Crippen molar-refractivity contribution in [1.82, 2.24) is 9.55 Å². The summed E-state index contributed by atoms with van der Waals surface area (Å²) < 4.78 is 15.3. The summed E-state index contributed by atoms with van der Waals surface area (Å²) in [6.45, 7) is 2.87. The van der Waals surface area contributed by atoms with Crippen LogP contribution in [0, 0.1) is 15.2 Å². The van der Waals surface area contributed by atoms with E-state index < -0.39 is 5.82 Å². The summed E-state index contributed by atoms with van der Waals surface area (Å²) in [6.07, 6.45) is 4.64. The smallest absolute Gasteiger partial charge is 0.178 e. The normalized spacial score (nSPS) is 10.4. The molecule has 14 heavy (non-hydrogen) atoms. The third kappa shape index (κ3) is 2.99. The summed E-state index contributed by atoms with van der Waals surface area (Å²) in [4.78, 5) is 2.65. The Balaban J connectivity index is 2.82. The summed E-state index contributed by atoms with van der Waals surface area (Å²) in [5.41, 5.74) is 0. The Kier molecular flexibility index (Phi) is 4.41. The molecule has 0 bridgehead atoms. The molecule has 0 spiro atoms. The predicted molar refractivity (Wildman–Crippen MR) is 59.9 cm³/mol. The first-order chi connectivity index (χ1) is 6.65. The highest BCUT2D eigenvalue weighted by Crippen LogP contribution is 2.02.